The molecule has 0 bridgehead atoms. The van der Waals surface area contributed by atoms with Crippen LogP contribution in [0.2, 0.25) is 0 Å². The van der Waals surface area contributed by atoms with E-state index >= 15 is 0 Å². The van der Waals surface area contributed by atoms with Gasteiger partial charge in [0.2, 0.25) is 0 Å². The van der Waals surface area contributed by atoms with Gasteiger partial charge in [0.05, 0.1) is 22.2 Å². The number of aryl methyl sites for hydroxylation is 2. The van der Waals surface area contributed by atoms with E-state index in [4.69, 9.17) is 5.11 Å². The Morgan fingerprint density at radius 3 is 2.73 bits per heavy atom. The van der Waals surface area contributed by atoms with Crippen molar-refractivity contribution in [3.8, 4) is 0 Å². The van der Waals surface area contributed by atoms with Crippen molar-refractivity contribution in [2.24, 2.45) is 0 Å². The van der Waals surface area contributed by atoms with E-state index in [9.17, 15) is 13.6 Å². The summed E-state index contributed by atoms with van der Waals surface area (Å²) in [6.45, 7) is 1.59. The molecule has 0 aliphatic heterocycles. The highest BCUT2D eigenvalue weighted by Crippen LogP contribution is 2.26. The molecule has 0 saturated heterocycles. The third kappa shape index (κ3) is 2.86. The van der Waals surface area contributed by atoms with E-state index in [0.717, 1.165) is 4.68 Å². The van der Waals surface area contributed by atoms with E-state index in [0.29, 0.717) is 9.26 Å². The van der Waals surface area contributed by atoms with Crippen LogP contribution in [-0.2, 0) is 11.3 Å². The van der Waals surface area contributed by atoms with Gasteiger partial charge in [-0.3, -0.25) is 9.48 Å². The van der Waals surface area contributed by atoms with E-state index < -0.39 is 12.4 Å². The summed E-state index contributed by atoms with van der Waals surface area (Å²) in [7, 11) is 0. The van der Waals surface area contributed by atoms with Gasteiger partial charge in [0.1, 0.15) is 5.69 Å². The molecule has 4 nitrogen and oxygen atoms in total. The van der Waals surface area contributed by atoms with Crippen molar-refractivity contribution in [1.82, 2.24) is 9.78 Å². The Morgan fingerprint density at radius 2 is 2.27 bits per heavy atom. The first-order valence-corrected chi connectivity index (χ1v) is 5.24. The average Bonchev–Trinajstić information content (AvgIpc) is 2.39. The van der Waals surface area contributed by atoms with Crippen molar-refractivity contribution in [2.45, 2.75) is 26.3 Å². The Bertz CT molecular complexity index is 379. The number of nitrogens with zero attached hydrogens (tertiary/aromatic N) is 2. The van der Waals surface area contributed by atoms with Gasteiger partial charge in [0, 0.05) is 0 Å². The van der Waals surface area contributed by atoms with Crippen LogP contribution in [0.15, 0.2) is 0 Å². The zero-order valence-corrected chi connectivity index (χ0v) is 10.0. The number of aromatic nitrogens is 2. The molecule has 84 valence electrons. The number of aliphatic carboxylic acids is 1. The SMILES string of the molecule is Cc1nn(CCC(=O)O)c(C(F)F)c1I. The van der Waals surface area contributed by atoms with E-state index in [1.807, 2.05) is 0 Å². The minimum absolute atomic E-state index is 0.0289. The second-order valence-electron chi connectivity index (χ2n) is 2.95. The van der Waals surface area contributed by atoms with Crippen molar-refractivity contribution in [1.29, 1.82) is 0 Å². The Kier molecular flexibility index (Phi) is 4.00. The molecule has 7 heteroatoms. The van der Waals surface area contributed by atoms with Crippen molar-refractivity contribution >= 4 is 28.6 Å². The second-order valence-corrected chi connectivity index (χ2v) is 4.03. The number of hydrogen-bond acceptors (Lipinski definition) is 2. The van der Waals surface area contributed by atoms with E-state index in [-0.39, 0.29) is 18.7 Å². The van der Waals surface area contributed by atoms with Crippen LogP contribution in [0, 0.1) is 10.5 Å². The Hall–Kier alpha value is -0.730. The summed E-state index contributed by atoms with van der Waals surface area (Å²) < 4.78 is 26.7. The van der Waals surface area contributed by atoms with Gasteiger partial charge in [-0.1, -0.05) is 0 Å². The predicted molar refractivity (Wildman–Crippen MR) is 56.9 cm³/mol. The Morgan fingerprint density at radius 1 is 1.67 bits per heavy atom. The highest BCUT2D eigenvalue weighted by molar-refractivity contribution is 14.1. The lowest BCUT2D eigenvalue weighted by Gasteiger charge is -2.04. The van der Waals surface area contributed by atoms with Crippen LogP contribution in [0.1, 0.15) is 24.2 Å². The number of halogens is 3. The van der Waals surface area contributed by atoms with Crippen molar-refractivity contribution in [3.63, 3.8) is 0 Å². The van der Waals surface area contributed by atoms with E-state index in [2.05, 4.69) is 5.10 Å². The third-order valence-electron chi connectivity index (χ3n) is 1.84. The molecule has 0 spiro atoms. The van der Waals surface area contributed by atoms with Crippen molar-refractivity contribution < 1.29 is 18.7 Å². The number of alkyl halides is 2. The van der Waals surface area contributed by atoms with Gasteiger partial charge in [-0.25, -0.2) is 8.78 Å². The maximum absolute atomic E-state index is 12.6. The molecule has 0 aliphatic carbocycles. The van der Waals surface area contributed by atoms with E-state index in [1.54, 1.807) is 29.5 Å². The Balaban J connectivity index is 2.96. The fourth-order valence-corrected chi connectivity index (χ4v) is 1.78. The van der Waals surface area contributed by atoms with Gasteiger partial charge in [0.15, 0.2) is 0 Å². The van der Waals surface area contributed by atoms with E-state index in [1.165, 1.54) is 0 Å². The van der Waals surface area contributed by atoms with Gasteiger partial charge >= 0.3 is 5.97 Å². The quantitative estimate of drug-likeness (QED) is 0.862. The van der Waals surface area contributed by atoms with Crippen LogP contribution in [0.5, 0.6) is 0 Å². The predicted octanol–water partition coefficient (Wildman–Crippen LogP) is 2.21. The largest absolute Gasteiger partial charge is 0.481 e. The van der Waals surface area contributed by atoms with Crippen LogP contribution in [0.4, 0.5) is 8.78 Å². The summed E-state index contributed by atoms with van der Waals surface area (Å²) in [5.74, 6) is -1.03. The molecule has 1 heterocycles. The monoisotopic (exact) mass is 330 g/mol. The van der Waals surface area contributed by atoms with Crippen LogP contribution in [0.3, 0.4) is 0 Å². The Labute approximate surface area is 98.4 Å². The van der Waals surface area contributed by atoms with Crippen LogP contribution >= 0.6 is 22.6 Å². The minimum Gasteiger partial charge on any atom is -0.481 e. The molecular formula is C8H9F2IN2O2. The summed E-state index contributed by atoms with van der Waals surface area (Å²) in [5, 5.41) is 12.3. The standard InChI is InChI=1S/C8H9F2IN2O2/c1-4-6(11)7(8(9)10)13(12-4)3-2-5(14)15/h8H,2-3H2,1H3,(H,14,15). The lowest BCUT2D eigenvalue weighted by atomic mass is 10.3. The lowest BCUT2D eigenvalue weighted by Crippen LogP contribution is -2.10. The third-order valence-corrected chi connectivity index (χ3v) is 3.17. The molecule has 15 heavy (non-hydrogen) atoms. The molecule has 1 N–H and O–H groups in total. The summed E-state index contributed by atoms with van der Waals surface area (Å²) in [4.78, 5) is 10.3. The highest BCUT2D eigenvalue weighted by atomic mass is 127. The first kappa shape index (κ1) is 12.3. The molecule has 0 unspecified atom stereocenters. The number of rotatable bonds is 4. The van der Waals surface area contributed by atoms with Crippen LogP contribution in [0.25, 0.3) is 0 Å². The van der Waals surface area contributed by atoms with Gasteiger partial charge < -0.3 is 5.11 Å². The topological polar surface area (TPSA) is 55.1 Å². The minimum atomic E-state index is -2.63. The van der Waals surface area contributed by atoms with Crippen LogP contribution < -0.4 is 0 Å². The molecule has 1 aromatic rings. The maximum Gasteiger partial charge on any atom is 0.305 e. The molecule has 0 aromatic carbocycles. The summed E-state index contributed by atoms with van der Waals surface area (Å²) in [6, 6.07) is 0. The zero-order valence-electron chi connectivity index (χ0n) is 7.88. The first-order chi connectivity index (χ1) is 6.93. The fraction of sp³-hybridized carbons (Fsp3) is 0.500. The van der Waals surface area contributed by atoms with Gasteiger partial charge in [-0.05, 0) is 29.5 Å². The molecule has 0 aliphatic rings. The second kappa shape index (κ2) is 4.86. The van der Waals surface area contributed by atoms with Gasteiger partial charge in [-0.15, -0.1) is 0 Å². The number of hydrogen-bond donors (Lipinski definition) is 1. The molecule has 0 amide bonds. The summed E-state index contributed by atoms with van der Waals surface area (Å²) in [6.07, 6.45) is -2.84. The zero-order chi connectivity index (χ0) is 11.6. The van der Waals surface area contributed by atoms with Crippen molar-refractivity contribution in [3.05, 3.63) is 15.0 Å². The smallest absolute Gasteiger partial charge is 0.305 e. The molecule has 0 radical (unpaired) electrons. The number of carboxylic acids is 1. The molecule has 0 atom stereocenters. The number of carbonyl (C=O) groups is 1. The molecule has 1 rings (SSSR count). The summed E-state index contributed by atoms with van der Waals surface area (Å²) >= 11 is 1.79. The molecule has 0 saturated carbocycles. The lowest BCUT2D eigenvalue weighted by molar-refractivity contribution is -0.137. The summed E-state index contributed by atoms with van der Waals surface area (Å²) in [5.41, 5.74) is 0.297. The first-order valence-electron chi connectivity index (χ1n) is 4.16. The maximum atomic E-state index is 12.6. The van der Waals surface area contributed by atoms with Gasteiger partial charge in [0.25, 0.3) is 6.43 Å². The molecular weight excluding hydrogens is 321 g/mol. The average molecular weight is 330 g/mol. The van der Waals surface area contributed by atoms with Crippen molar-refractivity contribution in [2.75, 3.05) is 0 Å². The molecule has 1 aromatic heterocycles. The van der Waals surface area contributed by atoms with Crippen LogP contribution in [-0.4, -0.2) is 20.9 Å². The highest BCUT2D eigenvalue weighted by Gasteiger charge is 2.21. The fourth-order valence-electron chi connectivity index (χ4n) is 1.16. The van der Waals surface area contributed by atoms with Gasteiger partial charge in [-0.2, -0.15) is 5.10 Å². The normalized spacial score (nSPS) is 11.0. The number of carboxylic acid groups (broad SMARTS) is 1. The molecule has 0 fully saturated rings.